The number of nitrogens with zero attached hydrogens (tertiary/aromatic N) is 2. The molecule has 84 valence electrons. The van der Waals surface area contributed by atoms with E-state index in [4.69, 9.17) is 0 Å². The topological polar surface area (TPSA) is 32.7 Å². The number of hydrogen-bond acceptors (Lipinski definition) is 2. The molecule has 3 unspecified atom stereocenters. The molecule has 3 aliphatic rings. The molecule has 3 nitrogen and oxygen atoms in total. The minimum Gasteiger partial charge on any atom is -0.335 e. The van der Waals surface area contributed by atoms with Crippen LogP contribution in [0.3, 0.4) is 0 Å². The van der Waals surface area contributed by atoms with Crippen LogP contribution in [0.4, 0.5) is 0 Å². The van der Waals surface area contributed by atoms with Crippen LogP contribution in [0, 0.1) is 11.8 Å². The van der Waals surface area contributed by atoms with E-state index < -0.39 is 0 Å². The summed E-state index contributed by atoms with van der Waals surface area (Å²) in [6.45, 7) is 0.789. The van der Waals surface area contributed by atoms with Crippen LogP contribution in [-0.4, -0.2) is 29.6 Å². The molecule has 3 heterocycles. The van der Waals surface area contributed by atoms with E-state index in [1.54, 1.807) is 6.20 Å². The fourth-order valence-corrected chi connectivity index (χ4v) is 2.90. The zero-order valence-corrected chi connectivity index (χ0v) is 9.25. The number of carbonyl (C=O) groups excluding carboxylic acids is 1. The van der Waals surface area contributed by atoms with Crippen LogP contribution < -0.4 is 0 Å². The summed E-state index contributed by atoms with van der Waals surface area (Å²) in [4.78, 5) is 18.6. The Balaban J connectivity index is 1.90. The largest absolute Gasteiger partial charge is 0.335 e. The standard InChI is InChI=1S/C13H16N2O/c16-13-12-6-7-14-9-10(12)4-5-11-3-1-2-8-15(11)13/h1-2,6-7,9-12H,3-5,8H2. The van der Waals surface area contributed by atoms with Gasteiger partial charge in [-0.25, -0.2) is 0 Å². The third kappa shape index (κ3) is 1.51. The number of carbonyl (C=O) groups is 1. The summed E-state index contributed by atoms with van der Waals surface area (Å²) >= 11 is 0. The lowest BCUT2D eigenvalue weighted by Gasteiger charge is -2.32. The fraction of sp³-hybridized carbons (Fsp3) is 0.538. The Bertz CT molecular complexity index is 383. The van der Waals surface area contributed by atoms with Gasteiger partial charge in [-0.1, -0.05) is 18.2 Å². The number of rotatable bonds is 0. The zero-order valence-electron chi connectivity index (χ0n) is 9.25. The van der Waals surface area contributed by atoms with Gasteiger partial charge in [0.05, 0.1) is 5.92 Å². The van der Waals surface area contributed by atoms with E-state index in [-0.39, 0.29) is 5.92 Å². The van der Waals surface area contributed by atoms with Gasteiger partial charge in [-0.3, -0.25) is 9.79 Å². The van der Waals surface area contributed by atoms with Crippen LogP contribution >= 0.6 is 0 Å². The molecule has 0 aromatic heterocycles. The molecule has 0 aliphatic carbocycles. The number of amides is 1. The molecule has 3 atom stereocenters. The fourth-order valence-electron chi connectivity index (χ4n) is 2.90. The quantitative estimate of drug-likeness (QED) is 0.568. The Hall–Kier alpha value is -1.38. The maximum absolute atomic E-state index is 12.4. The van der Waals surface area contributed by atoms with Gasteiger partial charge < -0.3 is 4.90 Å². The van der Waals surface area contributed by atoms with Crippen molar-refractivity contribution in [2.75, 3.05) is 6.54 Å². The minimum atomic E-state index is 0.0361. The summed E-state index contributed by atoms with van der Waals surface area (Å²) in [5.41, 5.74) is 0. The first kappa shape index (κ1) is 9.82. The molecule has 3 heteroatoms. The molecule has 0 aromatic rings. The van der Waals surface area contributed by atoms with Gasteiger partial charge in [0.25, 0.3) is 0 Å². The Morgan fingerprint density at radius 3 is 3.19 bits per heavy atom. The minimum absolute atomic E-state index is 0.0361. The van der Waals surface area contributed by atoms with E-state index in [1.165, 1.54) is 0 Å². The molecule has 0 saturated carbocycles. The summed E-state index contributed by atoms with van der Waals surface area (Å²) in [6.07, 6.45) is 13.2. The molecule has 0 radical (unpaired) electrons. The van der Waals surface area contributed by atoms with E-state index in [1.807, 2.05) is 17.2 Å². The van der Waals surface area contributed by atoms with Gasteiger partial charge in [0.15, 0.2) is 0 Å². The average Bonchev–Trinajstić information content (AvgIpc) is 2.49. The van der Waals surface area contributed by atoms with Gasteiger partial charge >= 0.3 is 0 Å². The maximum Gasteiger partial charge on any atom is 0.230 e. The highest BCUT2D eigenvalue weighted by Crippen LogP contribution is 2.31. The first-order valence-electron chi connectivity index (χ1n) is 6.02. The van der Waals surface area contributed by atoms with Crippen molar-refractivity contribution in [2.24, 2.45) is 16.8 Å². The van der Waals surface area contributed by atoms with Crippen molar-refractivity contribution in [3.8, 4) is 0 Å². The molecular weight excluding hydrogens is 200 g/mol. The van der Waals surface area contributed by atoms with Gasteiger partial charge in [0.2, 0.25) is 5.91 Å². The summed E-state index contributed by atoms with van der Waals surface area (Å²) in [5, 5.41) is 0. The van der Waals surface area contributed by atoms with Crippen molar-refractivity contribution < 1.29 is 4.79 Å². The normalized spacial score (nSPS) is 36.9. The molecule has 0 aromatic carbocycles. The lowest BCUT2D eigenvalue weighted by atomic mass is 9.88. The van der Waals surface area contributed by atoms with Crippen LogP contribution in [0.2, 0.25) is 0 Å². The van der Waals surface area contributed by atoms with Gasteiger partial charge in [-0.2, -0.15) is 0 Å². The zero-order chi connectivity index (χ0) is 11.0. The van der Waals surface area contributed by atoms with Gasteiger partial charge in [0, 0.05) is 30.9 Å². The van der Waals surface area contributed by atoms with E-state index in [9.17, 15) is 4.79 Å². The Morgan fingerprint density at radius 2 is 2.25 bits per heavy atom. The van der Waals surface area contributed by atoms with Crippen LogP contribution in [-0.2, 0) is 4.79 Å². The lowest BCUT2D eigenvalue weighted by molar-refractivity contribution is -0.135. The molecule has 16 heavy (non-hydrogen) atoms. The molecule has 1 saturated heterocycles. The van der Waals surface area contributed by atoms with Crippen molar-refractivity contribution in [3.05, 3.63) is 24.4 Å². The van der Waals surface area contributed by atoms with E-state index >= 15 is 0 Å². The molecule has 1 fully saturated rings. The summed E-state index contributed by atoms with van der Waals surface area (Å²) in [7, 11) is 0. The van der Waals surface area contributed by atoms with Crippen molar-refractivity contribution >= 4 is 12.1 Å². The second kappa shape index (κ2) is 3.89. The van der Waals surface area contributed by atoms with Gasteiger partial charge in [-0.05, 0) is 19.3 Å². The predicted octanol–water partition coefficient (Wildman–Crippen LogP) is 1.77. The first-order valence-corrected chi connectivity index (χ1v) is 6.02. The second-order valence-electron chi connectivity index (χ2n) is 4.76. The van der Waals surface area contributed by atoms with Gasteiger partial charge in [0.1, 0.15) is 0 Å². The average molecular weight is 216 g/mol. The first-order chi connectivity index (χ1) is 7.86. The Morgan fingerprint density at radius 1 is 1.31 bits per heavy atom. The van der Waals surface area contributed by atoms with Crippen molar-refractivity contribution in [1.82, 2.24) is 4.90 Å². The molecule has 3 rings (SSSR count). The monoisotopic (exact) mass is 216 g/mol. The van der Waals surface area contributed by atoms with E-state index in [0.29, 0.717) is 17.9 Å². The molecule has 0 bridgehead atoms. The highest BCUT2D eigenvalue weighted by Gasteiger charge is 2.37. The molecular formula is C13H16N2O. The highest BCUT2D eigenvalue weighted by atomic mass is 16.2. The smallest absolute Gasteiger partial charge is 0.230 e. The SMILES string of the molecule is O=C1C2C=CN=CC2CCC2CC=CCN12. The summed E-state index contributed by atoms with van der Waals surface area (Å²) in [6, 6.07) is 0.421. The predicted molar refractivity (Wildman–Crippen MR) is 63.1 cm³/mol. The number of fused-ring (bicyclic) bond motifs is 2. The van der Waals surface area contributed by atoms with E-state index in [0.717, 1.165) is 25.8 Å². The van der Waals surface area contributed by atoms with Crippen LogP contribution in [0.15, 0.2) is 29.4 Å². The van der Waals surface area contributed by atoms with Crippen molar-refractivity contribution in [1.29, 1.82) is 0 Å². The second-order valence-corrected chi connectivity index (χ2v) is 4.76. The van der Waals surface area contributed by atoms with Gasteiger partial charge in [-0.15, -0.1) is 0 Å². The van der Waals surface area contributed by atoms with Crippen molar-refractivity contribution in [3.63, 3.8) is 0 Å². The Labute approximate surface area is 95.5 Å². The number of aliphatic imine (C=N–C) groups is 1. The molecule has 0 spiro atoms. The summed E-state index contributed by atoms with van der Waals surface area (Å²) < 4.78 is 0. The molecule has 1 amide bonds. The molecule has 0 N–H and O–H groups in total. The summed E-state index contributed by atoms with van der Waals surface area (Å²) in [5.74, 6) is 0.649. The van der Waals surface area contributed by atoms with Crippen LogP contribution in [0.25, 0.3) is 0 Å². The van der Waals surface area contributed by atoms with Crippen molar-refractivity contribution in [2.45, 2.75) is 25.3 Å². The lowest BCUT2D eigenvalue weighted by Crippen LogP contribution is -2.43. The molecule has 3 aliphatic heterocycles. The Kier molecular flexibility index (Phi) is 2.39. The third-order valence-corrected chi connectivity index (χ3v) is 3.84. The van der Waals surface area contributed by atoms with Crippen LogP contribution in [0.1, 0.15) is 19.3 Å². The highest BCUT2D eigenvalue weighted by molar-refractivity contribution is 5.86. The number of hydrogen-bond donors (Lipinski definition) is 0. The van der Waals surface area contributed by atoms with E-state index in [2.05, 4.69) is 17.1 Å². The third-order valence-electron chi connectivity index (χ3n) is 3.84. The van der Waals surface area contributed by atoms with Crippen LogP contribution in [0.5, 0.6) is 0 Å². The maximum atomic E-state index is 12.4.